The summed E-state index contributed by atoms with van der Waals surface area (Å²) in [4.78, 5) is 13.1. The number of amides is 1. The number of nitrogens with zero attached hydrogens (tertiary/aromatic N) is 1. The second kappa shape index (κ2) is 3.90. The summed E-state index contributed by atoms with van der Waals surface area (Å²) in [6.07, 6.45) is 0. The standard InChI is InChI=1S/C10H9BrN2OS/c1-6-4-7(2-3-8(6)11)13-9(14)5-12-10(13)15/h2-4H,5H2,1H3,(H,12,15). The maximum absolute atomic E-state index is 11.5. The maximum atomic E-state index is 11.5. The van der Waals surface area contributed by atoms with Crippen molar-refractivity contribution in [2.45, 2.75) is 6.92 Å². The number of nitrogens with one attached hydrogen (secondary N) is 1. The van der Waals surface area contributed by atoms with Gasteiger partial charge in [0.2, 0.25) is 0 Å². The molecule has 0 saturated carbocycles. The highest BCUT2D eigenvalue weighted by molar-refractivity contribution is 9.10. The van der Waals surface area contributed by atoms with E-state index in [4.69, 9.17) is 12.2 Å². The number of carbonyl (C=O) groups excluding carboxylic acids is 1. The summed E-state index contributed by atoms with van der Waals surface area (Å²) in [5, 5.41) is 3.32. The highest BCUT2D eigenvalue weighted by Crippen LogP contribution is 2.24. The van der Waals surface area contributed by atoms with Crippen LogP contribution >= 0.6 is 28.1 Å². The van der Waals surface area contributed by atoms with Crippen LogP contribution in [0.1, 0.15) is 5.56 Å². The van der Waals surface area contributed by atoms with Crippen molar-refractivity contribution in [1.29, 1.82) is 0 Å². The van der Waals surface area contributed by atoms with E-state index in [1.165, 1.54) is 4.90 Å². The van der Waals surface area contributed by atoms with Gasteiger partial charge in [0.25, 0.3) is 5.91 Å². The first-order chi connectivity index (χ1) is 7.09. The minimum Gasteiger partial charge on any atom is -0.353 e. The molecule has 5 heteroatoms. The molecule has 0 aliphatic carbocycles. The lowest BCUT2D eigenvalue weighted by atomic mass is 10.2. The second-order valence-electron chi connectivity index (χ2n) is 3.32. The normalized spacial score (nSPS) is 15.7. The fourth-order valence-corrected chi connectivity index (χ4v) is 1.98. The molecule has 0 spiro atoms. The van der Waals surface area contributed by atoms with Crippen molar-refractivity contribution < 1.29 is 4.79 Å². The maximum Gasteiger partial charge on any atom is 0.252 e. The Hall–Kier alpha value is -0.940. The number of aryl methyl sites for hydroxylation is 1. The Morgan fingerprint density at radius 2 is 2.27 bits per heavy atom. The Labute approximate surface area is 102 Å². The molecule has 0 atom stereocenters. The Morgan fingerprint density at radius 1 is 1.53 bits per heavy atom. The Balaban J connectivity index is 2.41. The summed E-state index contributed by atoms with van der Waals surface area (Å²) < 4.78 is 1.02. The summed E-state index contributed by atoms with van der Waals surface area (Å²) in [7, 11) is 0. The molecular weight excluding hydrogens is 276 g/mol. The van der Waals surface area contributed by atoms with E-state index in [1.54, 1.807) is 0 Å². The lowest BCUT2D eigenvalue weighted by Crippen LogP contribution is -2.30. The van der Waals surface area contributed by atoms with Crippen molar-refractivity contribution in [1.82, 2.24) is 5.32 Å². The molecule has 0 radical (unpaired) electrons. The Morgan fingerprint density at radius 3 is 2.80 bits per heavy atom. The van der Waals surface area contributed by atoms with Crippen LogP contribution in [0.25, 0.3) is 0 Å². The molecule has 1 amide bonds. The third kappa shape index (κ3) is 1.89. The van der Waals surface area contributed by atoms with Gasteiger partial charge in [-0.25, -0.2) is 0 Å². The van der Waals surface area contributed by atoms with Crippen LogP contribution in [0.5, 0.6) is 0 Å². The van der Waals surface area contributed by atoms with Gasteiger partial charge in [-0.1, -0.05) is 15.9 Å². The average molecular weight is 285 g/mol. The summed E-state index contributed by atoms with van der Waals surface area (Å²) >= 11 is 8.47. The van der Waals surface area contributed by atoms with Gasteiger partial charge in [-0.05, 0) is 42.9 Å². The lowest BCUT2D eigenvalue weighted by molar-refractivity contribution is -0.115. The van der Waals surface area contributed by atoms with Crippen molar-refractivity contribution >= 4 is 44.9 Å². The monoisotopic (exact) mass is 284 g/mol. The summed E-state index contributed by atoms with van der Waals surface area (Å²) in [5.41, 5.74) is 1.89. The highest BCUT2D eigenvalue weighted by Gasteiger charge is 2.26. The molecule has 1 aliphatic rings. The van der Waals surface area contributed by atoms with Crippen molar-refractivity contribution in [3.05, 3.63) is 28.2 Å². The zero-order valence-electron chi connectivity index (χ0n) is 8.08. The van der Waals surface area contributed by atoms with E-state index >= 15 is 0 Å². The first-order valence-electron chi connectivity index (χ1n) is 4.46. The molecule has 1 N–H and O–H groups in total. The molecule has 1 aliphatic heterocycles. The van der Waals surface area contributed by atoms with E-state index in [2.05, 4.69) is 21.2 Å². The van der Waals surface area contributed by atoms with Crippen molar-refractivity contribution in [2.24, 2.45) is 0 Å². The van der Waals surface area contributed by atoms with Gasteiger partial charge in [0.1, 0.15) is 0 Å². The SMILES string of the molecule is Cc1cc(N2C(=O)CNC2=S)ccc1Br. The van der Waals surface area contributed by atoms with Crippen molar-refractivity contribution in [3.63, 3.8) is 0 Å². The fraction of sp³-hybridized carbons (Fsp3) is 0.200. The number of thiocarbonyl (C=S) groups is 1. The Kier molecular flexibility index (Phi) is 2.75. The van der Waals surface area contributed by atoms with E-state index < -0.39 is 0 Å². The second-order valence-corrected chi connectivity index (χ2v) is 4.56. The predicted molar refractivity (Wildman–Crippen MR) is 67.0 cm³/mol. The molecule has 15 heavy (non-hydrogen) atoms. The van der Waals surface area contributed by atoms with Crippen LogP contribution < -0.4 is 10.2 Å². The smallest absolute Gasteiger partial charge is 0.252 e. The fourth-order valence-electron chi connectivity index (χ4n) is 1.45. The van der Waals surface area contributed by atoms with Crippen molar-refractivity contribution in [2.75, 3.05) is 11.4 Å². The highest BCUT2D eigenvalue weighted by atomic mass is 79.9. The van der Waals surface area contributed by atoms with E-state index in [9.17, 15) is 4.79 Å². The molecule has 3 nitrogen and oxygen atoms in total. The van der Waals surface area contributed by atoms with E-state index in [0.29, 0.717) is 5.11 Å². The quantitative estimate of drug-likeness (QED) is 0.801. The molecule has 78 valence electrons. The molecule has 2 rings (SSSR count). The first-order valence-corrected chi connectivity index (χ1v) is 5.66. The third-order valence-electron chi connectivity index (χ3n) is 2.24. The number of rotatable bonds is 1. The number of benzene rings is 1. The van der Waals surface area contributed by atoms with Gasteiger partial charge in [-0.15, -0.1) is 0 Å². The first kappa shape index (κ1) is 10.6. The summed E-state index contributed by atoms with van der Waals surface area (Å²) in [6.45, 7) is 2.26. The van der Waals surface area contributed by atoms with E-state index in [0.717, 1.165) is 15.7 Å². The zero-order valence-corrected chi connectivity index (χ0v) is 10.5. The Bertz CT molecular complexity index is 431. The largest absolute Gasteiger partial charge is 0.353 e. The number of hydrogen-bond acceptors (Lipinski definition) is 2. The van der Waals surface area contributed by atoms with Crippen LogP contribution in [0.15, 0.2) is 22.7 Å². The zero-order chi connectivity index (χ0) is 11.0. The molecule has 0 bridgehead atoms. The van der Waals surface area contributed by atoms with Gasteiger partial charge in [-0.3, -0.25) is 9.69 Å². The molecule has 0 aromatic heterocycles. The summed E-state index contributed by atoms with van der Waals surface area (Å²) in [6, 6.07) is 5.72. The summed E-state index contributed by atoms with van der Waals surface area (Å²) in [5.74, 6) is -0.0123. The average Bonchev–Trinajstić information content (AvgIpc) is 2.52. The van der Waals surface area contributed by atoms with Crippen LogP contribution in [0.4, 0.5) is 5.69 Å². The van der Waals surface area contributed by atoms with Gasteiger partial charge in [0.15, 0.2) is 5.11 Å². The van der Waals surface area contributed by atoms with E-state index in [1.807, 2.05) is 25.1 Å². The van der Waals surface area contributed by atoms with Gasteiger partial charge < -0.3 is 5.32 Å². The van der Waals surface area contributed by atoms with Crippen LogP contribution in [-0.2, 0) is 4.79 Å². The molecule has 1 heterocycles. The molecule has 1 saturated heterocycles. The number of carbonyl (C=O) groups is 1. The molecule has 1 fully saturated rings. The van der Waals surface area contributed by atoms with Crippen LogP contribution in [0, 0.1) is 6.92 Å². The minimum atomic E-state index is -0.0123. The van der Waals surface area contributed by atoms with Gasteiger partial charge >= 0.3 is 0 Å². The topological polar surface area (TPSA) is 32.3 Å². The van der Waals surface area contributed by atoms with Gasteiger partial charge in [0.05, 0.1) is 12.2 Å². The molecule has 0 unspecified atom stereocenters. The van der Waals surface area contributed by atoms with Gasteiger partial charge in [-0.2, -0.15) is 0 Å². The van der Waals surface area contributed by atoms with Crippen LogP contribution in [-0.4, -0.2) is 17.6 Å². The van der Waals surface area contributed by atoms with E-state index in [-0.39, 0.29) is 12.5 Å². The minimum absolute atomic E-state index is 0.0123. The van der Waals surface area contributed by atoms with Crippen LogP contribution in [0.2, 0.25) is 0 Å². The molecule has 1 aromatic rings. The number of halogens is 1. The van der Waals surface area contributed by atoms with Gasteiger partial charge in [0, 0.05) is 4.47 Å². The lowest BCUT2D eigenvalue weighted by Gasteiger charge is -2.15. The number of hydrogen-bond donors (Lipinski definition) is 1. The molecular formula is C10H9BrN2OS. The predicted octanol–water partition coefficient (Wildman–Crippen LogP) is 1.98. The third-order valence-corrected chi connectivity index (χ3v) is 3.46. The van der Waals surface area contributed by atoms with Crippen molar-refractivity contribution in [3.8, 4) is 0 Å². The molecule has 1 aromatic carbocycles. The number of anilines is 1. The van der Waals surface area contributed by atoms with Crippen LogP contribution in [0.3, 0.4) is 0 Å².